The Morgan fingerprint density at radius 1 is 1.17 bits per heavy atom. The fraction of sp³-hybridized carbons (Fsp3) is 0.190. The summed E-state index contributed by atoms with van der Waals surface area (Å²) in [6, 6.07) is 9.55. The summed E-state index contributed by atoms with van der Waals surface area (Å²) in [5, 5.41) is 3.06. The molecule has 0 spiro atoms. The molecular weight excluding hydrogens is 476 g/mol. The molecule has 1 aromatic heterocycles. The van der Waals surface area contributed by atoms with Gasteiger partial charge in [0.15, 0.2) is 0 Å². The van der Waals surface area contributed by atoms with Gasteiger partial charge >= 0.3 is 5.97 Å². The third-order valence-corrected chi connectivity index (χ3v) is 5.59. The number of aromatic nitrogens is 2. The number of ether oxygens (including phenoxy) is 1. The predicted molar refractivity (Wildman–Crippen MR) is 117 cm³/mol. The molecule has 1 heterocycles. The fourth-order valence-corrected chi connectivity index (χ4v) is 3.89. The molecule has 0 saturated carbocycles. The van der Waals surface area contributed by atoms with E-state index < -0.39 is 17.6 Å². The molecule has 1 N–H and O–H groups in total. The molecule has 2 aromatic carbocycles. The van der Waals surface area contributed by atoms with Crippen LogP contribution in [0.3, 0.4) is 0 Å². The van der Waals surface area contributed by atoms with Crippen LogP contribution < -0.4 is 5.32 Å². The van der Waals surface area contributed by atoms with Crippen molar-refractivity contribution in [3.8, 4) is 11.3 Å². The number of methoxy groups -OCH3 is 1. The van der Waals surface area contributed by atoms with Crippen LogP contribution >= 0.6 is 27.7 Å². The molecule has 3 aromatic rings. The van der Waals surface area contributed by atoms with E-state index in [0.717, 1.165) is 10.5 Å². The van der Waals surface area contributed by atoms with Crippen molar-refractivity contribution in [2.24, 2.45) is 0 Å². The highest BCUT2D eigenvalue weighted by Crippen LogP contribution is 2.28. The van der Waals surface area contributed by atoms with Gasteiger partial charge in [-0.3, -0.25) is 0 Å². The van der Waals surface area contributed by atoms with E-state index in [1.165, 1.54) is 37.3 Å². The van der Waals surface area contributed by atoms with Crippen molar-refractivity contribution in [3.05, 3.63) is 70.0 Å². The van der Waals surface area contributed by atoms with Gasteiger partial charge in [0.1, 0.15) is 23.8 Å². The Labute approximate surface area is 185 Å². The molecule has 9 heteroatoms. The summed E-state index contributed by atoms with van der Waals surface area (Å²) < 4.78 is 33.1. The summed E-state index contributed by atoms with van der Waals surface area (Å²) >= 11 is 4.50. The van der Waals surface area contributed by atoms with E-state index in [-0.39, 0.29) is 12.0 Å². The van der Waals surface area contributed by atoms with Gasteiger partial charge in [-0.1, -0.05) is 22.0 Å². The lowest BCUT2D eigenvalue weighted by atomic mass is 10.1. The average molecular weight is 494 g/mol. The maximum absolute atomic E-state index is 14.0. The topological polar surface area (TPSA) is 64.1 Å². The van der Waals surface area contributed by atoms with Crippen molar-refractivity contribution in [1.29, 1.82) is 0 Å². The van der Waals surface area contributed by atoms with Gasteiger partial charge in [-0.25, -0.2) is 23.5 Å². The molecule has 0 saturated heterocycles. The largest absolute Gasteiger partial charge is 0.465 e. The number of benzene rings is 2. The van der Waals surface area contributed by atoms with E-state index in [1.807, 2.05) is 12.3 Å². The number of hydrogen-bond donors (Lipinski definition) is 1. The number of halogens is 3. The van der Waals surface area contributed by atoms with Crippen LogP contribution in [0, 0.1) is 11.6 Å². The monoisotopic (exact) mass is 493 g/mol. The minimum Gasteiger partial charge on any atom is -0.465 e. The van der Waals surface area contributed by atoms with Gasteiger partial charge in [0.25, 0.3) is 0 Å². The number of anilines is 1. The van der Waals surface area contributed by atoms with Gasteiger partial charge in [-0.15, -0.1) is 11.8 Å². The van der Waals surface area contributed by atoms with Gasteiger partial charge in [0.05, 0.1) is 18.4 Å². The normalized spacial score (nSPS) is 10.7. The molecule has 0 unspecified atom stereocenters. The molecule has 0 amide bonds. The van der Waals surface area contributed by atoms with Crippen LogP contribution in [0.15, 0.2) is 52.1 Å². The summed E-state index contributed by atoms with van der Waals surface area (Å²) in [7, 11) is 1.34. The quantitative estimate of drug-likeness (QED) is 0.353. The highest BCUT2D eigenvalue weighted by Gasteiger charge is 2.14. The lowest BCUT2D eigenvalue weighted by Gasteiger charge is -2.10. The van der Waals surface area contributed by atoms with Gasteiger partial charge in [-0.2, -0.15) is 0 Å². The number of carbonyl (C=O) groups excluding carboxylic acids is 1. The number of rotatable bonds is 7. The zero-order chi connectivity index (χ0) is 21.7. The molecule has 0 atom stereocenters. The van der Waals surface area contributed by atoms with Crippen LogP contribution in [0.5, 0.6) is 0 Å². The second kappa shape index (κ2) is 9.99. The van der Waals surface area contributed by atoms with Crippen molar-refractivity contribution < 1.29 is 18.3 Å². The molecule has 156 valence electrons. The SMILES string of the molecule is COC(=O)c1ccc(-c2cc(NCCc3c(F)cc(Br)cc3F)ncn2)cc1SC. The minimum atomic E-state index is -0.595. The van der Waals surface area contributed by atoms with Gasteiger partial charge in [0, 0.05) is 33.1 Å². The van der Waals surface area contributed by atoms with Crippen LogP contribution in [0.4, 0.5) is 14.6 Å². The number of esters is 1. The van der Waals surface area contributed by atoms with Crippen molar-refractivity contribution >= 4 is 39.5 Å². The Bertz CT molecular complexity index is 1060. The molecule has 0 aliphatic heterocycles. The number of hydrogen-bond acceptors (Lipinski definition) is 6. The summed E-state index contributed by atoms with van der Waals surface area (Å²) in [6.07, 6.45) is 3.44. The van der Waals surface area contributed by atoms with Crippen molar-refractivity contribution in [1.82, 2.24) is 9.97 Å². The Balaban J connectivity index is 1.75. The number of thioether (sulfide) groups is 1. The van der Waals surface area contributed by atoms with E-state index in [0.29, 0.717) is 28.1 Å². The maximum Gasteiger partial charge on any atom is 0.338 e. The van der Waals surface area contributed by atoms with Gasteiger partial charge in [-0.05, 0) is 36.9 Å². The van der Waals surface area contributed by atoms with Gasteiger partial charge in [0.2, 0.25) is 0 Å². The molecule has 0 aliphatic carbocycles. The number of nitrogens with zero attached hydrogens (tertiary/aromatic N) is 2. The summed E-state index contributed by atoms with van der Waals surface area (Å²) in [4.78, 5) is 21.1. The maximum atomic E-state index is 14.0. The van der Waals surface area contributed by atoms with E-state index in [1.54, 1.807) is 18.2 Å². The molecular formula is C21H18BrF2N3O2S. The molecule has 0 bridgehead atoms. The first-order valence-electron chi connectivity index (χ1n) is 8.89. The van der Waals surface area contributed by atoms with Crippen LogP contribution in [0.25, 0.3) is 11.3 Å². The first kappa shape index (κ1) is 22.2. The molecule has 0 radical (unpaired) electrons. The zero-order valence-corrected chi connectivity index (χ0v) is 18.6. The minimum absolute atomic E-state index is 0.0167. The summed E-state index contributed by atoms with van der Waals surface area (Å²) in [5.74, 6) is -1.06. The van der Waals surface area contributed by atoms with Crippen LogP contribution in [0.2, 0.25) is 0 Å². The smallest absolute Gasteiger partial charge is 0.338 e. The third-order valence-electron chi connectivity index (χ3n) is 4.36. The predicted octanol–water partition coefficient (Wildman–Crippen LogP) is 5.35. The van der Waals surface area contributed by atoms with E-state index in [4.69, 9.17) is 4.74 Å². The standard InChI is InChI=1S/C21H18BrF2N3O2S/c1-29-21(28)15-4-3-12(7-19(15)30-2)18-10-20(27-11-26-18)25-6-5-14-16(23)8-13(22)9-17(14)24/h3-4,7-11H,5-6H2,1-2H3,(H,25,26,27). The first-order chi connectivity index (χ1) is 14.4. The third kappa shape index (κ3) is 5.14. The van der Waals surface area contributed by atoms with E-state index in [2.05, 4.69) is 31.2 Å². The second-order valence-corrected chi connectivity index (χ2v) is 7.98. The Hall–Kier alpha value is -2.52. The van der Waals surface area contributed by atoms with Crippen LogP contribution in [0.1, 0.15) is 15.9 Å². The molecule has 0 fully saturated rings. The van der Waals surface area contributed by atoms with Crippen molar-refractivity contribution in [3.63, 3.8) is 0 Å². The lowest BCUT2D eigenvalue weighted by molar-refractivity contribution is 0.0597. The van der Waals surface area contributed by atoms with E-state index in [9.17, 15) is 13.6 Å². The molecule has 0 aliphatic rings. The number of carbonyl (C=O) groups is 1. The van der Waals surface area contributed by atoms with Crippen molar-refractivity contribution in [2.75, 3.05) is 25.2 Å². The summed E-state index contributed by atoms with van der Waals surface area (Å²) in [5.41, 5.74) is 1.96. The lowest BCUT2D eigenvalue weighted by Crippen LogP contribution is -2.09. The van der Waals surface area contributed by atoms with Crippen LogP contribution in [-0.4, -0.2) is 35.8 Å². The Morgan fingerprint density at radius 2 is 1.90 bits per heavy atom. The second-order valence-electron chi connectivity index (χ2n) is 6.22. The van der Waals surface area contributed by atoms with Crippen LogP contribution in [-0.2, 0) is 11.2 Å². The van der Waals surface area contributed by atoms with E-state index >= 15 is 0 Å². The first-order valence-corrected chi connectivity index (χ1v) is 10.9. The zero-order valence-electron chi connectivity index (χ0n) is 16.2. The number of nitrogens with one attached hydrogen (secondary N) is 1. The summed E-state index contributed by atoms with van der Waals surface area (Å²) in [6.45, 7) is 0.295. The highest BCUT2D eigenvalue weighted by molar-refractivity contribution is 9.10. The molecule has 5 nitrogen and oxygen atoms in total. The average Bonchev–Trinajstić information content (AvgIpc) is 2.74. The Morgan fingerprint density at radius 3 is 2.57 bits per heavy atom. The molecule has 30 heavy (non-hydrogen) atoms. The highest BCUT2D eigenvalue weighted by atomic mass is 79.9. The Kier molecular flexibility index (Phi) is 7.38. The van der Waals surface area contributed by atoms with Crippen molar-refractivity contribution in [2.45, 2.75) is 11.3 Å². The molecule has 3 rings (SSSR count). The fourth-order valence-electron chi connectivity index (χ4n) is 2.87. The van der Waals surface area contributed by atoms with Gasteiger partial charge < -0.3 is 10.1 Å².